The Morgan fingerprint density at radius 1 is 1.50 bits per heavy atom. The number of thiophene rings is 1. The SMILES string of the molecule is CC(C)NC(=O)CNC(=O)c1csc(Br)c1. The van der Waals surface area contributed by atoms with Gasteiger partial charge in [-0.1, -0.05) is 0 Å². The van der Waals surface area contributed by atoms with Crippen LogP contribution in [-0.2, 0) is 4.79 Å². The summed E-state index contributed by atoms with van der Waals surface area (Å²) >= 11 is 4.71. The molecular formula is C10H13BrN2O2S. The summed E-state index contributed by atoms with van der Waals surface area (Å²) in [7, 11) is 0. The Morgan fingerprint density at radius 3 is 2.69 bits per heavy atom. The summed E-state index contributed by atoms with van der Waals surface area (Å²) in [4.78, 5) is 22.8. The normalized spacial score (nSPS) is 10.2. The molecule has 0 atom stereocenters. The lowest BCUT2D eigenvalue weighted by molar-refractivity contribution is -0.120. The zero-order valence-electron chi connectivity index (χ0n) is 9.04. The van der Waals surface area contributed by atoms with Crippen molar-refractivity contribution in [2.24, 2.45) is 0 Å². The second kappa shape index (κ2) is 6.00. The lowest BCUT2D eigenvalue weighted by atomic mass is 10.3. The zero-order chi connectivity index (χ0) is 12.1. The highest BCUT2D eigenvalue weighted by Crippen LogP contribution is 2.20. The molecule has 1 aromatic rings. The minimum atomic E-state index is -0.235. The third kappa shape index (κ3) is 4.32. The Kier molecular flexibility index (Phi) is 4.95. The predicted molar refractivity (Wildman–Crippen MR) is 67.6 cm³/mol. The van der Waals surface area contributed by atoms with Crippen molar-refractivity contribution in [3.8, 4) is 0 Å². The number of nitrogens with one attached hydrogen (secondary N) is 2. The lowest BCUT2D eigenvalue weighted by Gasteiger charge is -2.08. The number of halogens is 1. The molecule has 6 heteroatoms. The molecule has 0 aliphatic heterocycles. The largest absolute Gasteiger partial charge is 0.352 e. The van der Waals surface area contributed by atoms with Crippen LogP contribution < -0.4 is 10.6 Å². The number of amides is 2. The number of carbonyl (C=O) groups excluding carboxylic acids is 2. The van der Waals surface area contributed by atoms with E-state index in [1.54, 1.807) is 11.4 Å². The molecule has 4 nitrogen and oxygen atoms in total. The first kappa shape index (κ1) is 13.2. The molecule has 1 aromatic heterocycles. The van der Waals surface area contributed by atoms with E-state index in [0.29, 0.717) is 5.56 Å². The average Bonchev–Trinajstić information content (AvgIpc) is 2.60. The number of carbonyl (C=O) groups is 2. The zero-order valence-corrected chi connectivity index (χ0v) is 11.4. The van der Waals surface area contributed by atoms with Crippen molar-refractivity contribution in [3.05, 3.63) is 20.8 Å². The van der Waals surface area contributed by atoms with E-state index in [-0.39, 0.29) is 24.4 Å². The van der Waals surface area contributed by atoms with Gasteiger partial charge in [0.1, 0.15) is 0 Å². The molecule has 1 rings (SSSR count). The Bertz CT molecular complexity index is 390. The number of hydrogen-bond acceptors (Lipinski definition) is 3. The van der Waals surface area contributed by atoms with Gasteiger partial charge in [-0.3, -0.25) is 9.59 Å². The minimum absolute atomic E-state index is 0.00444. The molecule has 0 unspecified atom stereocenters. The molecule has 0 bridgehead atoms. The van der Waals surface area contributed by atoms with E-state index in [0.717, 1.165) is 3.79 Å². The van der Waals surface area contributed by atoms with Gasteiger partial charge in [0.05, 0.1) is 15.9 Å². The van der Waals surface area contributed by atoms with Gasteiger partial charge in [0.2, 0.25) is 5.91 Å². The van der Waals surface area contributed by atoms with Crippen LogP contribution in [0, 0.1) is 0 Å². The van der Waals surface area contributed by atoms with Crippen LogP contribution in [0.5, 0.6) is 0 Å². The Hall–Kier alpha value is -0.880. The molecule has 0 spiro atoms. The van der Waals surface area contributed by atoms with E-state index in [2.05, 4.69) is 26.6 Å². The van der Waals surface area contributed by atoms with Crippen molar-refractivity contribution in [2.45, 2.75) is 19.9 Å². The molecule has 0 saturated carbocycles. The van der Waals surface area contributed by atoms with E-state index in [1.807, 2.05) is 13.8 Å². The smallest absolute Gasteiger partial charge is 0.252 e. The van der Waals surface area contributed by atoms with Crippen molar-refractivity contribution in [1.29, 1.82) is 0 Å². The standard InChI is InChI=1S/C10H13BrN2O2S/c1-6(2)13-9(14)4-12-10(15)7-3-8(11)16-5-7/h3,5-6H,4H2,1-2H3,(H,12,15)(H,13,14). The van der Waals surface area contributed by atoms with Crippen LogP contribution in [0.25, 0.3) is 0 Å². The molecule has 2 amide bonds. The molecule has 0 aliphatic carbocycles. The van der Waals surface area contributed by atoms with Crippen LogP contribution in [0.4, 0.5) is 0 Å². The maximum absolute atomic E-state index is 11.5. The van der Waals surface area contributed by atoms with Gasteiger partial charge in [-0.2, -0.15) is 0 Å². The first-order valence-electron chi connectivity index (χ1n) is 4.80. The number of rotatable bonds is 4. The van der Waals surface area contributed by atoms with Gasteiger partial charge >= 0.3 is 0 Å². The van der Waals surface area contributed by atoms with Crippen LogP contribution in [0.1, 0.15) is 24.2 Å². The van der Waals surface area contributed by atoms with Crippen LogP contribution in [0.3, 0.4) is 0 Å². The van der Waals surface area contributed by atoms with Crippen molar-refractivity contribution in [3.63, 3.8) is 0 Å². The van der Waals surface area contributed by atoms with Gasteiger partial charge in [0.15, 0.2) is 0 Å². The Balaban J connectivity index is 2.38. The van der Waals surface area contributed by atoms with Crippen molar-refractivity contribution in [2.75, 3.05) is 6.54 Å². The highest BCUT2D eigenvalue weighted by Gasteiger charge is 2.09. The number of hydrogen-bond donors (Lipinski definition) is 2. The first-order chi connectivity index (χ1) is 7.49. The first-order valence-corrected chi connectivity index (χ1v) is 6.48. The van der Waals surface area contributed by atoms with Gasteiger partial charge in [0.25, 0.3) is 5.91 Å². The van der Waals surface area contributed by atoms with Gasteiger partial charge in [-0.05, 0) is 35.8 Å². The van der Waals surface area contributed by atoms with E-state index < -0.39 is 0 Å². The van der Waals surface area contributed by atoms with Gasteiger partial charge < -0.3 is 10.6 Å². The topological polar surface area (TPSA) is 58.2 Å². The maximum atomic E-state index is 11.5. The van der Waals surface area contributed by atoms with Crippen molar-refractivity contribution in [1.82, 2.24) is 10.6 Å². The third-order valence-corrected chi connectivity index (χ3v) is 3.19. The summed E-state index contributed by atoms with van der Waals surface area (Å²) < 4.78 is 0.893. The van der Waals surface area contributed by atoms with Crippen LogP contribution in [-0.4, -0.2) is 24.4 Å². The van der Waals surface area contributed by atoms with Crippen LogP contribution in [0.15, 0.2) is 15.2 Å². The summed E-state index contributed by atoms with van der Waals surface area (Å²) in [5.74, 6) is -0.418. The monoisotopic (exact) mass is 304 g/mol. The van der Waals surface area contributed by atoms with Crippen LogP contribution >= 0.6 is 27.3 Å². The third-order valence-electron chi connectivity index (χ3n) is 1.69. The summed E-state index contributed by atoms with van der Waals surface area (Å²) in [5, 5.41) is 6.98. The second-order valence-corrected chi connectivity index (χ2v) is 5.83. The fraction of sp³-hybridized carbons (Fsp3) is 0.400. The average molecular weight is 305 g/mol. The second-order valence-electron chi connectivity index (χ2n) is 3.54. The van der Waals surface area contributed by atoms with Gasteiger partial charge in [0, 0.05) is 11.4 Å². The Labute approximate surface area is 107 Å². The van der Waals surface area contributed by atoms with Gasteiger partial charge in [-0.15, -0.1) is 11.3 Å². The molecular weight excluding hydrogens is 292 g/mol. The quantitative estimate of drug-likeness (QED) is 0.890. The molecule has 0 radical (unpaired) electrons. The molecule has 88 valence electrons. The molecule has 16 heavy (non-hydrogen) atoms. The molecule has 2 N–H and O–H groups in total. The van der Waals surface area contributed by atoms with E-state index >= 15 is 0 Å². The highest BCUT2D eigenvalue weighted by atomic mass is 79.9. The van der Waals surface area contributed by atoms with E-state index in [1.165, 1.54) is 11.3 Å². The summed E-state index contributed by atoms with van der Waals surface area (Å²) in [6.07, 6.45) is 0. The minimum Gasteiger partial charge on any atom is -0.352 e. The van der Waals surface area contributed by atoms with Crippen molar-refractivity contribution < 1.29 is 9.59 Å². The maximum Gasteiger partial charge on any atom is 0.252 e. The summed E-state index contributed by atoms with van der Waals surface area (Å²) in [6, 6.07) is 1.81. The lowest BCUT2D eigenvalue weighted by Crippen LogP contribution is -2.39. The van der Waals surface area contributed by atoms with Gasteiger partial charge in [-0.25, -0.2) is 0 Å². The van der Waals surface area contributed by atoms with E-state index in [9.17, 15) is 9.59 Å². The van der Waals surface area contributed by atoms with E-state index in [4.69, 9.17) is 0 Å². The Morgan fingerprint density at radius 2 is 2.19 bits per heavy atom. The molecule has 0 aliphatic rings. The molecule has 0 saturated heterocycles. The highest BCUT2D eigenvalue weighted by molar-refractivity contribution is 9.11. The fourth-order valence-electron chi connectivity index (χ4n) is 1.06. The summed E-state index contributed by atoms with van der Waals surface area (Å²) in [6.45, 7) is 3.75. The fourth-order valence-corrected chi connectivity index (χ4v) is 2.20. The summed E-state index contributed by atoms with van der Waals surface area (Å²) in [5.41, 5.74) is 0.564. The molecule has 1 heterocycles. The predicted octanol–water partition coefficient (Wildman–Crippen LogP) is 1.76. The molecule has 0 fully saturated rings. The van der Waals surface area contributed by atoms with Crippen molar-refractivity contribution >= 4 is 39.1 Å². The molecule has 0 aromatic carbocycles. The van der Waals surface area contributed by atoms with Crippen LogP contribution in [0.2, 0.25) is 0 Å².